The van der Waals surface area contributed by atoms with Crippen LogP contribution in [0.15, 0.2) is 24.5 Å². The molecule has 1 rings (SSSR count). The van der Waals surface area contributed by atoms with E-state index in [1.807, 2.05) is 18.3 Å². The van der Waals surface area contributed by atoms with E-state index in [0.29, 0.717) is 5.92 Å². The molecular formula is C9H16Cl2N2. The third-order valence-corrected chi connectivity index (χ3v) is 1.79. The van der Waals surface area contributed by atoms with E-state index in [1.165, 1.54) is 0 Å². The number of halogens is 2. The first-order valence-corrected chi connectivity index (χ1v) is 3.87. The second kappa shape index (κ2) is 7.13. The van der Waals surface area contributed by atoms with Crippen LogP contribution in [0.5, 0.6) is 0 Å². The largest absolute Gasteiger partial charge is 0.324 e. The van der Waals surface area contributed by atoms with Gasteiger partial charge in [0.15, 0.2) is 0 Å². The molecule has 0 aliphatic rings. The van der Waals surface area contributed by atoms with Gasteiger partial charge in [0, 0.05) is 18.4 Å². The van der Waals surface area contributed by atoms with Crippen molar-refractivity contribution in [2.24, 2.45) is 11.7 Å². The Morgan fingerprint density at radius 3 is 2.31 bits per heavy atom. The molecule has 1 atom stereocenters. The fourth-order valence-corrected chi connectivity index (χ4v) is 0.958. The van der Waals surface area contributed by atoms with Gasteiger partial charge < -0.3 is 5.73 Å². The molecule has 0 bridgehead atoms. The Kier molecular flexibility index (Phi) is 8.32. The molecule has 4 heteroatoms. The van der Waals surface area contributed by atoms with Crippen molar-refractivity contribution in [3.05, 3.63) is 30.1 Å². The van der Waals surface area contributed by atoms with Gasteiger partial charge in [0.05, 0.1) is 0 Å². The van der Waals surface area contributed by atoms with E-state index in [0.717, 1.165) is 5.56 Å². The van der Waals surface area contributed by atoms with Crippen LogP contribution in [0.25, 0.3) is 0 Å². The van der Waals surface area contributed by atoms with Crippen LogP contribution in [0.4, 0.5) is 0 Å². The van der Waals surface area contributed by atoms with Crippen molar-refractivity contribution in [3.8, 4) is 0 Å². The summed E-state index contributed by atoms with van der Waals surface area (Å²) in [5.74, 6) is 0.471. The van der Waals surface area contributed by atoms with Gasteiger partial charge in [0.25, 0.3) is 0 Å². The Labute approximate surface area is 91.8 Å². The predicted molar refractivity (Wildman–Crippen MR) is 60.5 cm³/mol. The minimum Gasteiger partial charge on any atom is -0.324 e. The molecule has 76 valence electrons. The maximum Gasteiger partial charge on any atom is 0.0333 e. The first kappa shape index (κ1) is 15.2. The minimum absolute atomic E-state index is 0. The molecule has 0 aliphatic carbocycles. The molecule has 0 saturated carbocycles. The Bertz CT molecular complexity index is 214. The highest BCUT2D eigenvalue weighted by molar-refractivity contribution is 5.85. The van der Waals surface area contributed by atoms with Gasteiger partial charge in [-0.05, 0) is 17.5 Å². The van der Waals surface area contributed by atoms with Crippen molar-refractivity contribution in [1.82, 2.24) is 4.98 Å². The molecule has 1 unspecified atom stereocenters. The van der Waals surface area contributed by atoms with E-state index in [2.05, 4.69) is 18.8 Å². The summed E-state index contributed by atoms with van der Waals surface area (Å²) in [7, 11) is 0. The van der Waals surface area contributed by atoms with Gasteiger partial charge in [0.2, 0.25) is 0 Å². The summed E-state index contributed by atoms with van der Waals surface area (Å²) in [6, 6.07) is 4.04. The molecule has 2 nitrogen and oxygen atoms in total. The average molecular weight is 223 g/mol. The maximum atomic E-state index is 5.90. The van der Waals surface area contributed by atoms with Gasteiger partial charge in [-0.2, -0.15) is 0 Å². The summed E-state index contributed by atoms with van der Waals surface area (Å²) in [5, 5.41) is 0. The van der Waals surface area contributed by atoms with Crippen molar-refractivity contribution in [3.63, 3.8) is 0 Å². The van der Waals surface area contributed by atoms with Crippen LogP contribution in [0.2, 0.25) is 0 Å². The quantitative estimate of drug-likeness (QED) is 0.836. The third kappa shape index (κ3) is 4.46. The molecule has 0 aliphatic heterocycles. The number of nitrogens with zero attached hydrogens (tertiary/aromatic N) is 1. The first-order chi connectivity index (χ1) is 5.22. The van der Waals surface area contributed by atoms with Crippen LogP contribution in [0, 0.1) is 5.92 Å². The van der Waals surface area contributed by atoms with E-state index in [4.69, 9.17) is 5.73 Å². The van der Waals surface area contributed by atoms with Crippen molar-refractivity contribution in [2.75, 3.05) is 0 Å². The van der Waals surface area contributed by atoms with E-state index in [9.17, 15) is 0 Å². The molecule has 2 N–H and O–H groups in total. The summed E-state index contributed by atoms with van der Waals surface area (Å²) in [6.45, 7) is 4.22. The molecule has 0 saturated heterocycles. The number of nitrogens with two attached hydrogens (primary N) is 1. The lowest BCUT2D eigenvalue weighted by Gasteiger charge is -2.14. The van der Waals surface area contributed by atoms with Gasteiger partial charge in [-0.25, -0.2) is 0 Å². The van der Waals surface area contributed by atoms with Crippen LogP contribution in [0.1, 0.15) is 25.5 Å². The van der Waals surface area contributed by atoms with E-state index >= 15 is 0 Å². The fourth-order valence-electron chi connectivity index (χ4n) is 0.958. The molecule has 13 heavy (non-hydrogen) atoms. The van der Waals surface area contributed by atoms with E-state index in [1.54, 1.807) is 6.20 Å². The molecule has 1 aromatic rings. The number of hydrogen-bond donors (Lipinski definition) is 1. The van der Waals surface area contributed by atoms with E-state index < -0.39 is 0 Å². The lowest BCUT2D eigenvalue weighted by molar-refractivity contribution is 0.513. The molecule has 1 aromatic heterocycles. The minimum atomic E-state index is 0. The first-order valence-electron chi connectivity index (χ1n) is 3.87. The summed E-state index contributed by atoms with van der Waals surface area (Å²) in [4.78, 5) is 4.01. The molecule has 0 fully saturated rings. The van der Waals surface area contributed by atoms with Gasteiger partial charge in [-0.1, -0.05) is 19.9 Å². The van der Waals surface area contributed by atoms with Gasteiger partial charge in [-0.15, -0.1) is 24.8 Å². The summed E-state index contributed by atoms with van der Waals surface area (Å²) in [5.41, 5.74) is 7.01. The molecule has 0 aromatic carbocycles. The summed E-state index contributed by atoms with van der Waals surface area (Å²) >= 11 is 0. The monoisotopic (exact) mass is 222 g/mol. The zero-order valence-corrected chi connectivity index (χ0v) is 9.44. The van der Waals surface area contributed by atoms with Crippen LogP contribution >= 0.6 is 24.8 Å². The van der Waals surface area contributed by atoms with E-state index in [-0.39, 0.29) is 30.9 Å². The normalized spacial score (nSPS) is 11.4. The number of hydrogen-bond acceptors (Lipinski definition) is 2. The molecule has 1 heterocycles. The highest BCUT2D eigenvalue weighted by Gasteiger charge is 2.08. The Morgan fingerprint density at radius 1 is 1.31 bits per heavy atom. The standard InChI is InChI=1S/C9H14N2.2ClH/c1-7(2)9(10)8-4-3-5-11-6-8;;/h3-7,9H,10H2,1-2H3;2*1H. The molecular weight excluding hydrogens is 207 g/mol. The zero-order valence-electron chi connectivity index (χ0n) is 7.81. The van der Waals surface area contributed by atoms with Crippen molar-refractivity contribution in [1.29, 1.82) is 0 Å². The van der Waals surface area contributed by atoms with Crippen LogP contribution in [-0.2, 0) is 0 Å². The number of aromatic nitrogens is 1. The van der Waals surface area contributed by atoms with Crippen molar-refractivity contribution < 1.29 is 0 Å². The fraction of sp³-hybridized carbons (Fsp3) is 0.444. The predicted octanol–water partition coefficient (Wildman–Crippen LogP) is 2.58. The summed E-state index contributed by atoms with van der Waals surface area (Å²) in [6.07, 6.45) is 3.58. The average Bonchev–Trinajstić information content (AvgIpc) is 2.05. The second-order valence-corrected chi connectivity index (χ2v) is 3.06. The van der Waals surface area contributed by atoms with Crippen LogP contribution in [-0.4, -0.2) is 4.98 Å². The van der Waals surface area contributed by atoms with Gasteiger partial charge in [-0.3, -0.25) is 4.98 Å². The smallest absolute Gasteiger partial charge is 0.0333 e. The van der Waals surface area contributed by atoms with Crippen molar-refractivity contribution in [2.45, 2.75) is 19.9 Å². The maximum absolute atomic E-state index is 5.90. The summed E-state index contributed by atoms with van der Waals surface area (Å²) < 4.78 is 0. The third-order valence-electron chi connectivity index (χ3n) is 1.79. The molecule has 0 amide bonds. The Balaban J connectivity index is 0. The molecule has 0 radical (unpaired) electrons. The van der Waals surface area contributed by atoms with Crippen molar-refractivity contribution >= 4 is 24.8 Å². The zero-order chi connectivity index (χ0) is 8.27. The lowest BCUT2D eigenvalue weighted by atomic mass is 9.99. The SMILES string of the molecule is CC(C)C(N)c1cccnc1.Cl.Cl. The second-order valence-electron chi connectivity index (χ2n) is 3.06. The molecule has 0 spiro atoms. The van der Waals surface area contributed by atoms with Crippen LogP contribution in [0.3, 0.4) is 0 Å². The van der Waals surface area contributed by atoms with Crippen LogP contribution < -0.4 is 5.73 Å². The highest BCUT2D eigenvalue weighted by atomic mass is 35.5. The topological polar surface area (TPSA) is 38.9 Å². The lowest BCUT2D eigenvalue weighted by Crippen LogP contribution is -2.16. The number of pyridine rings is 1. The Hall–Kier alpha value is -0.310. The number of rotatable bonds is 2. The van der Waals surface area contributed by atoms with Gasteiger partial charge >= 0.3 is 0 Å². The Morgan fingerprint density at radius 2 is 1.92 bits per heavy atom. The van der Waals surface area contributed by atoms with Gasteiger partial charge in [0.1, 0.15) is 0 Å². The highest BCUT2D eigenvalue weighted by Crippen LogP contribution is 2.16.